The number of rotatable bonds is 6. The zero-order valence-electron chi connectivity index (χ0n) is 15.2. The minimum atomic E-state index is -1.01. The van der Waals surface area contributed by atoms with Gasteiger partial charge in [0.2, 0.25) is 0 Å². The molecule has 0 radical (unpaired) electrons. The van der Waals surface area contributed by atoms with Crippen molar-refractivity contribution in [3.05, 3.63) is 70.3 Å². The van der Waals surface area contributed by atoms with E-state index in [9.17, 15) is 19.7 Å². The first-order valence-electron chi connectivity index (χ1n) is 8.69. The van der Waals surface area contributed by atoms with Crippen LogP contribution in [0.25, 0.3) is 0 Å². The highest BCUT2D eigenvalue weighted by atomic mass is 16.7. The van der Waals surface area contributed by atoms with Gasteiger partial charge in [0.05, 0.1) is 24.2 Å². The second kappa shape index (κ2) is 9.51. The minimum absolute atomic E-state index is 0.0823. The van der Waals surface area contributed by atoms with Gasteiger partial charge in [0.15, 0.2) is 6.10 Å². The van der Waals surface area contributed by atoms with Crippen molar-refractivity contribution in [3.63, 3.8) is 0 Å². The second-order valence-electron chi connectivity index (χ2n) is 6.11. The molecule has 1 heterocycles. The molecule has 10 heteroatoms. The average Bonchev–Trinajstić information content (AvgIpc) is 3.14. The number of carbonyl (C=O) groups excluding carboxylic acids is 2. The van der Waals surface area contributed by atoms with E-state index in [0.29, 0.717) is 0 Å². The first-order valence-corrected chi connectivity index (χ1v) is 8.69. The highest BCUT2D eigenvalue weighted by Crippen LogP contribution is 2.19. The monoisotopic (exact) mass is 402 g/mol. The summed E-state index contributed by atoms with van der Waals surface area (Å²) in [6.07, 6.45) is -2.44. The van der Waals surface area contributed by atoms with E-state index in [-0.39, 0.29) is 31.3 Å². The largest absolute Gasteiger partial charge is 0.514 e. The van der Waals surface area contributed by atoms with E-state index >= 15 is 0 Å². The molecular formula is C19H18N2O8. The molecule has 0 aromatic heterocycles. The van der Waals surface area contributed by atoms with E-state index in [0.717, 1.165) is 5.56 Å². The van der Waals surface area contributed by atoms with Crippen molar-refractivity contribution in [3.8, 4) is 5.75 Å². The zero-order chi connectivity index (χ0) is 20.6. The molecule has 0 saturated carbocycles. The van der Waals surface area contributed by atoms with Gasteiger partial charge < -0.3 is 24.3 Å². The third-order valence-electron chi connectivity index (χ3n) is 4.04. The van der Waals surface area contributed by atoms with Crippen molar-refractivity contribution in [1.29, 1.82) is 0 Å². The fraction of sp³-hybridized carbons (Fsp3) is 0.263. The summed E-state index contributed by atoms with van der Waals surface area (Å²) in [5.41, 5.74) is 0.706. The molecule has 2 atom stereocenters. The minimum Gasteiger partial charge on any atom is -0.445 e. The highest BCUT2D eigenvalue weighted by Gasteiger charge is 2.34. The van der Waals surface area contributed by atoms with E-state index in [1.807, 2.05) is 30.3 Å². The molecular weight excluding hydrogens is 384 g/mol. The molecule has 1 fully saturated rings. The molecule has 10 nitrogen and oxygen atoms in total. The van der Waals surface area contributed by atoms with Gasteiger partial charge in [0.1, 0.15) is 12.4 Å². The maximum atomic E-state index is 12.0. The molecule has 1 saturated heterocycles. The van der Waals surface area contributed by atoms with Crippen LogP contribution in [0.1, 0.15) is 5.56 Å². The van der Waals surface area contributed by atoms with Crippen molar-refractivity contribution in [2.45, 2.75) is 18.8 Å². The number of alkyl carbamates (subject to hydrolysis) is 1. The molecule has 0 spiro atoms. The van der Waals surface area contributed by atoms with Crippen LogP contribution in [-0.4, -0.2) is 42.5 Å². The van der Waals surface area contributed by atoms with Crippen LogP contribution in [0.4, 0.5) is 15.3 Å². The van der Waals surface area contributed by atoms with Gasteiger partial charge in [-0.3, -0.25) is 10.1 Å². The van der Waals surface area contributed by atoms with Gasteiger partial charge in [-0.1, -0.05) is 30.3 Å². The van der Waals surface area contributed by atoms with E-state index in [4.69, 9.17) is 18.9 Å². The van der Waals surface area contributed by atoms with E-state index in [1.165, 1.54) is 24.3 Å². The zero-order valence-corrected chi connectivity index (χ0v) is 15.2. The average molecular weight is 402 g/mol. The van der Waals surface area contributed by atoms with Crippen molar-refractivity contribution < 1.29 is 33.5 Å². The molecule has 2 aromatic carbocycles. The number of benzene rings is 2. The summed E-state index contributed by atoms with van der Waals surface area (Å²) in [5.74, 6) is 0.0892. The van der Waals surface area contributed by atoms with Gasteiger partial charge in [0.25, 0.3) is 5.69 Å². The van der Waals surface area contributed by atoms with Crippen LogP contribution in [0.3, 0.4) is 0 Å². The van der Waals surface area contributed by atoms with Crippen LogP contribution in [0.15, 0.2) is 54.6 Å². The lowest BCUT2D eigenvalue weighted by Gasteiger charge is -2.19. The smallest absolute Gasteiger partial charge is 0.445 e. The molecule has 152 valence electrons. The fourth-order valence-corrected chi connectivity index (χ4v) is 2.58. The number of ether oxygens (including phenoxy) is 4. The molecule has 1 N–H and O–H groups in total. The number of amides is 1. The predicted octanol–water partition coefficient (Wildman–Crippen LogP) is 2.80. The maximum absolute atomic E-state index is 12.0. The van der Waals surface area contributed by atoms with E-state index < -0.39 is 29.3 Å². The lowest BCUT2D eigenvalue weighted by molar-refractivity contribution is -0.384. The van der Waals surface area contributed by atoms with E-state index in [1.54, 1.807) is 0 Å². The van der Waals surface area contributed by atoms with Crippen molar-refractivity contribution in [2.75, 3.05) is 13.2 Å². The summed E-state index contributed by atoms with van der Waals surface area (Å²) in [4.78, 5) is 34.0. The topological polar surface area (TPSA) is 126 Å². The van der Waals surface area contributed by atoms with Crippen LogP contribution in [0, 0.1) is 10.1 Å². The Hall–Kier alpha value is -3.66. The van der Waals surface area contributed by atoms with Gasteiger partial charge >= 0.3 is 12.2 Å². The number of hydrogen-bond donors (Lipinski definition) is 1. The molecule has 0 aliphatic carbocycles. The Morgan fingerprint density at radius 2 is 1.83 bits per heavy atom. The summed E-state index contributed by atoms with van der Waals surface area (Å²) >= 11 is 0. The maximum Gasteiger partial charge on any atom is 0.514 e. The van der Waals surface area contributed by atoms with Crippen LogP contribution in [-0.2, 0) is 20.8 Å². The molecule has 3 rings (SSSR count). The quantitative estimate of drug-likeness (QED) is 0.338. The van der Waals surface area contributed by atoms with Gasteiger partial charge in [-0.15, -0.1) is 0 Å². The van der Waals surface area contributed by atoms with E-state index in [2.05, 4.69) is 5.32 Å². The third-order valence-corrected chi connectivity index (χ3v) is 4.04. The summed E-state index contributed by atoms with van der Waals surface area (Å²) in [6, 6.07) is 13.5. The van der Waals surface area contributed by atoms with Gasteiger partial charge in [-0.25, -0.2) is 9.59 Å². The SMILES string of the molecule is O=C(N[C@H]1COC[C@@H]1OC(=O)Oc1ccc([N+](=O)[O-])cc1)OCc1ccccc1. The van der Waals surface area contributed by atoms with Crippen LogP contribution in [0.5, 0.6) is 5.75 Å². The fourth-order valence-electron chi connectivity index (χ4n) is 2.58. The van der Waals surface area contributed by atoms with Crippen molar-refractivity contribution in [1.82, 2.24) is 5.32 Å². The normalized spacial score (nSPS) is 17.9. The summed E-state index contributed by atoms with van der Waals surface area (Å²) < 4.78 is 20.6. The Balaban J connectivity index is 1.46. The van der Waals surface area contributed by atoms with Crippen molar-refractivity contribution in [2.24, 2.45) is 0 Å². The van der Waals surface area contributed by atoms with Gasteiger partial charge in [0, 0.05) is 12.1 Å². The number of nitro benzene ring substituents is 1. The molecule has 29 heavy (non-hydrogen) atoms. The number of non-ortho nitro benzene ring substituents is 1. The van der Waals surface area contributed by atoms with Crippen molar-refractivity contribution >= 4 is 17.9 Å². The predicted molar refractivity (Wildman–Crippen MR) is 98.4 cm³/mol. The third kappa shape index (κ3) is 5.91. The van der Waals surface area contributed by atoms with Crippen LogP contribution >= 0.6 is 0 Å². The summed E-state index contributed by atoms with van der Waals surface area (Å²) in [5, 5.41) is 13.2. The lowest BCUT2D eigenvalue weighted by atomic mass is 10.2. The number of nitrogens with zero attached hydrogens (tertiary/aromatic N) is 1. The second-order valence-corrected chi connectivity index (χ2v) is 6.11. The number of hydrogen-bond acceptors (Lipinski definition) is 8. The first-order chi connectivity index (χ1) is 14.0. The van der Waals surface area contributed by atoms with Crippen LogP contribution in [0.2, 0.25) is 0 Å². The standard InChI is InChI=1S/C19H18N2O8/c22-18(27-10-13-4-2-1-3-5-13)20-16-11-26-12-17(16)29-19(23)28-15-8-6-14(7-9-15)21(24)25/h1-9,16-17H,10-12H2,(H,20,22)/t16-,17-/m0/s1. The Morgan fingerprint density at radius 1 is 1.10 bits per heavy atom. The molecule has 1 amide bonds. The molecule has 1 aliphatic rings. The Labute approximate surface area is 165 Å². The highest BCUT2D eigenvalue weighted by molar-refractivity contribution is 5.68. The van der Waals surface area contributed by atoms with Crippen LogP contribution < -0.4 is 10.1 Å². The lowest BCUT2D eigenvalue weighted by Crippen LogP contribution is -2.45. The summed E-state index contributed by atoms with van der Waals surface area (Å²) in [7, 11) is 0. The first kappa shape index (κ1) is 20.1. The Morgan fingerprint density at radius 3 is 2.52 bits per heavy atom. The molecule has 2 aromatic rings. The number of nitro groups is 1. The molecule has 0 unspecified atom stereocenters. The number of carbonyl (C=O) groups is 2. The Bertz CT molecular complexity index is 856. The van der Waals surface area contributed by atoms with Gasteiger partial charge in [-0.2, -0.15) is 0 Å². The summed E-state index contributed by atoms with van der Waals surface area (Å²) in [6.45, 7) is 0.336. The Kier molecular flexibility index (Phi) is 6.59. The molecule has 0 bridgehead atoms. The van der Waals surface area contributed by atoms with Gasteiger partial charge in [-0.05, 0) is 17.7 Å². The molecule has 1 aliphatic heterocycles. The number of nitrogens with one attached hydrogen (secondary N) is 1.